The predicted octanol–water partition coefficient (Wildman–Crippen LogP) is 8.65. The Morgan fingerprint density at radius 1 is 0.537 bits per heavy atom. The number of fused-ring (bicyclic) bond motifs is 6. The van der Waals surface area contributed by atoms with Crippen LogP contribution in [0.25, 0.3) is 60.6 Å². The van der Waals surface area contributed by atoms with Gasteiger partial charge in [0, 0.05) is 27.1 Å². The Hall–Kier alpha value is -4.32. The Morgan fingerprint density at radius 3 is 1.76 bits per heavy atom. The lowest BCUT2D eigenvalue weighted by Gasteiger charge is -2.32. The molecule has 1 aliphatic heterocycles. The van der Waals surface area contributed by atoms with Gasteiger partial charge in [-0.2, -0.15) is 0 Å². The van der Waals surface area contributed by atoms with E-state index in [1.54, 1.807) is 0 Å². The van der Waals surface area contributed by atoms with Gasteiger partial charge in [-0.15, -0.1) is 0 Å². The van der Waals surface area contributed by atoms with E-state index in [-0.39, 0.29) is 0 Å². The lowest BCUT2D eigenvalue weighted by molar-refractivity contribution is 0.00578. The van der Waals surface area contributed by atoms with E-state index in [2.05, 4.69) is 135 Å². The Labute approximate surface area is 239 Å². The van der Waals surface area contributed by atoms with Crippen LogP contribution in [0.4, 0.5) is 0 Å². The van der Waals surface area contributed by atoms with Crippen molar-refractivity contribution in [3.8, 4) is 16.8 Å². The van der Waals surface area contributed by atoms with E-state index in [4.69, 9.17) is 13.7 Å². The highest BCUT2D eigenvalue weighted by Crippen LogP contribution is 2.42. The van der Waals surface area contributed by atoms with Gasteiger partial charge in [0.1, 0.15) is 5.58 Å². The Morgan fingerprint density at radius 2 is 1.10 bits per heavy atom. The molecule has 1 fully saturated rings. The number of rotatable bonds is 3. The molecule has 0 unspecified atom stereocenters. The molecule has 3 heterocycles. The smallest absolute Gasteiger partial charge is 0.453 e. The average molecular weight is 535 g/mol. The van der Waals surface area contributed by atoms with Crippen LogP contribution in [0.15, 0.2) is 114 Å². The van der Waals surface area contributed by atoms with Gasteiger partial charge in [-0.1, -0.05) is 91.0 Å². The van der Waals surface area contributed by atoms with E-state index in [9.17, 15) is 0 Å². The summed E-state index contributed by atoms with van der Waals surface area (Å²) < 4.78 is 22.4. The number of para-hydroxylation sites is 3. The van der Waals surface area contributed by atoms with Crippen molar-refractivity contribution in [1.29, 1.82) is 0 Å². The van der Waals surface area contributed by atoms with Gasteiger partial charge in [0.05, 0.1) is 27.9 Å². The zero-order valence-corrected chi connectivity index (χ0v) is 23.6. The Bertz CT molecular complexity index is 2050. The lowest BCUT2D eigenvalue weighted by Crippen LogP contribution is -2.41. The minimum atomic E-state index is -0.510. The summed E-state index contributed by atoms with van der Waals surface area (Å²) in [6, 6.07) is 38.3. The molecule has 7 aromatic rings. The van der Waals surface area contributed by atoms with Crippen LogP contribution in [0.2, 0.25) is 0 Å². The molecule has 0 atom stereocenters. The molecular formula is C36H30BNO3. The summed E-state index contributed by atoms with van der Waals surface area (Å²) in [6.07, 6.45) is 0. The summed E-state index contributed by atoms with van der Waals surface area (Å²) in [5.41, 5.74) is 7.18. The maximum absolute atomic E-state index is 6.96. The van der Waals surface area contributed by atoms with Crippen molar-refractivity contribution in [2.24, 2.45) is 0 Å². The van der Waals surface area contributed by atoms with Gasteiger partial charge in [0.15, 0.2) is 5.58 Å². The van der Waals surface area contributed by atoms with Crippen LogP contribution in [-0.4, -0.2) is 22.9 Å². The molecule has 5 heteroatoms. The number of furan rings is 1. The van der Waals surface area contributed by atoms with Crippen LogP contribution in [-0.2, 0) is 9.31 Å². The van der Waals surface area contributed by atoms with E-state index in [0.717, 1.165) is 55.2 Å². The topological polar surface area (TPSA) is 36.5 Å². The zero-order chi connectivity index (χ0) is 27.9. The quantitative estimate of drug-likeness (QED) is 0.213. The first-order chi connectivity index (χ1) is 19.8. The predicted molar refractivity (Wildman–Crippen MR) is 169 cm³/mol. The molecule has 0 radical (unpaired) electrons. The minimum Gasteiger partial charge on any atom is -0.453 e. The number of nitrogens with zero attached hydrogens (tertiary/aromatic N) is 1. The second-order valence-corrected chi connectivity index (χ2v) is 12.0. The third kappa shape index (κ3) is 3.49. The van der Waals surface area contributed by atoms with E-state index in [1.807, 2.05) is 6.07 Å². The number of hydrogen-bond donors (Lipinski definition) is 0. The van der Waals surface area contributed by atoms with Crippen molar-refractivity contribution >= 4 is 56.3 Å². The summed E-state index contributed by atoms with van der Waals surface area (Å²) >= 11 is 0. The van der Waals surface area contributed by atoms with Crippen molar-refractivity contribution in [2.75, 3.05) is 0 Å². The molecule has 0 bridgehead atoms. The third-order valence-electron chi connectivity index (χ3n) is 9.07. The molecule has 0 aliphatic carbocycles. The standard InChI is InChI=1S/C36H30BNO3/c1-35(2)36(3,4)41-37(40-35)28-22-21-27-26-17-12-20-31(33(26)39-34(27)32(28)23-13-6-5-7-14-23)38-29-18-10-8-15-24(29)25-16-9-11-19-30(25)38/h5-22H,1-4H3. The van der Waals surface area contributed by atoms with Crippen LogP contribution in [0.3, 0.4) is 0 Å². The summed E-state index contributed by atoms with van der Waals surface area (Å²) in [6.45, 7) is 8.36. The molecule has 1 aliphatic rings. The van der Waals surface area contributed by atoms with Crippen molar-refractivity contribution < 1.29 is 13.7 Å². The van der Waals surface area contributed by atoms with Crippen molar-refractivity contribution in [3.05, 3.63) is 109 Å². The highest BCUT2D eigenvalue weighted by molar-refractivity contribution is 6.64. The number of benzene rings is 5. The van der Waals surface area contributed by atoms with Gasteiger partial charge in [-0.05, 0) is 56.9 Å². The molecule has 8 rings (SSSR count). The van der Waals surface area contributed by atoms with E-state index in [0.29, 0.717) is 0 Å². The zero-order valence-electron chi connectivity index (χ0n) is 23.6. The average Bonchev–Trinajstić information content (AvgIpc) is 3.59. The van der Waals surface area contributed by atoms with Crippen molar-refractivity contribution in [2.45, 2.75) is 38.9 Å². The fourth-order valence-electron chi connectivity index (χ4n) is 6.29. The second kappa shape index (κ2) is 8.59. The fourth-order valence-corrected chi connectivity index (χ4v) is 6.29. The summed E-state index contributed by atoms with van der Waals surface area (Å²) in [5.74, 6) is 0. The fraction of sp³-hybridized carbons (Fsp3) is 0.167. The Kier molecular flexibility index (Phi) is 5.13. The summed E-state index contributed by atoms with van der Waals surface area (Å²) in [7, 11) is -0.510. The molecule has 0 spiro atoms. The van der Waals surface area contributed by atoms with Gasteiger partial charge < -0.3 is 18.3 Å². The number of aromatic nitrogens is 1. The van der Waals surface area contributed by atoms with Gasteiger partial charge >= 0.3 is 7.12 Å². The van der Waals surface area contributed by atoms with E-state index >= 15 is 0 Å². The van der Waals surface area contributed by atoms with Crippen LogP contribution >= 0.6 is 0 Å². The first-order valence-electron chi connectivity index (χ1n) is 14.2. The van der Waals surface area contributed by atoms with Crippen LogP contribution in [0.5, 0.6) is 0 Å². The first kappa shape index (κ1) is 24.5. The third-order valence-corrected chi connectivity index (χ3v) is 9.07. The van der Waals surface area contributed by atoms with Gasteiger partial charge in [-0.3, -0.25) is 0 Å². The largest absolute Gasteiger partial charge is 0.495 e. The summed E-state index contributed by atoms with van der Waals surface area (Å²) in [5, 5.41) is 4.60. The van der Waals surface area contributed by atoms with Crippen LogP contribution in [0.1, 0.15) is 27.7 Å². The highest BCUT2D eigenvalue weighted by Gasteiger charge is 2.52. The van der Waals surface area contributed by atoms with Gasteiger partial charge in [0.25, 0.3) is 0 Å². The monoisotopic (exact) mass is 535 g/mol. The Balaban J connectivity index is 1.44. The van der Waals surface area contributed by atoms with Crippen molar-refractivity contribution in [3.63, 3.8) is 0 Å². The van der Waals surface area contributed by atoms with Gasteiger partial charge in [0.2, 0.25) is 0 Å². The molecular weight excluding hydrogens is 505 g/mol. The second-order valence-electron chi connectivity index (χ2n) is 12.0. The SMILES string of the molecule is CC1(C)OB(c2ccc3c(oc4c(-n5c6ccccc6c6ccccc65)cccc43)c2-c2ccccc2)OC1(C)C. The minimum absolute atomic E-state index is 0.446. The molecule has 5 aromatic carbocycles. The molecule has 0 saturated carbocycles. The molecule has 0 amide bonds. The molecule has 41 heavy (non-hydrogen) atoms. The molecule has 0 N–H and O–H groups in total. The molecule has 1 saturated heterocycles. The molecule has 4 nitrogen and oxygen atoms in total. The summed E-state index contributed by atoms with van der Waals surface area (Å²) in [4.78, 5) is 0. The lowest BCUT2D eigenvalue weighted by atomic mass is 9.74. The maximum atomic E-state index is 6.96. The van der Waals surface area contributed by atoms with Gasteiger partial charge in [-0.25, -0.2) is 0 Å². The first-order valence-corrected chi connectivity index (χ1v) is 14.2. The van der Waals surface area contributed by atoms with Crippen LogP contribution in [0, 0.1) is 0 Å². The highest BCUT2D eigenvalue weighted by atomic mass is 16.7. The molecule has 2 aromatic heterocycles. The van der Waals surface area contributed by atoms with Crippen molar-refractivity contribution in [1.82, 2.24) is 4.57 Å². The van der Waals surface area contributed by atoms with E-state index in [1.165, 1.54) is 10.8 Å². The molecule has 200 valence electrons. The maximum Gasteiger partial charge on any atom is 0.495 e. The van der Waals surface area contributed by atoms with E-state index < -0.39 is 18.3 Å². The van der Waals surface area contributed by atoms with Crippen LogP contribution < -0.4 is 5.46 Å². The normalized spacial score (nSPS) is 16.4. The number of hydrogen-bond acceptors (Lipinski definition) is 3.